The SMILES string of the molecule is CCOC(=O)/C=C/[C@@H](C)Cc1ccc(-c2cc(Cl)cc(Cl)c2)cc1. The molecule has 24 heavy (non-hydrogen) atoms. The molecule has 0 heterocycles. The molecule has 0 aromatic heterocycles. The average Bonchev–Trinajstić information content (AvgIpc) is 2.53. The maximum absolute atomic E-state index is 11.3. The summed E-state index contributed by atoms with van der Waals surface area (Å²) in [5.41, 5.74) is 3.26. The van der Waals surface area contributed by atoms with Crippen LogP contribution in [0.25, 0.3) is 11.1 Å². The Morgan fingerprint density at radius 2 is 1.71 bits per heavy atom. The van der Waals surface area contributed by atoms with Crippen molar-refractivity contribution in [3.63, 3.8) is 0 Å². The van der Waals surface area contributed by atoms with Crippen LogP contribution in [0.5, 0.6) is 0 Å². The Labute approximate surface area is 153 Å². The molecule has 2 aromatic rings. The highest BCUT2D eigenvalue weighted by Gasteiger charge is 2.04. The number of ether oxygens (including phenoxy) is 1. The first-order chi connectivity index (χ1) is 11.5. The van der Waals surface area contributed by atoms with E-state index in [2.05, 4.69) is 31.2 Å². The number of carbonyl (C=O) groups excluding carboxylic acids is 1. The normalized spacial score (nSPS) is 12.3. The highest BCUT2D eigenvalue weighted by Crippen LogP contribution is 2.27. The number of benzene rings is 2. The fourth-order valence-corrected chi connectivity index (χ4v) is 2.95. The van der Waals surface area contributed by atoms with Crippen LogP contribution >= 0.6 is 23.2 Å². The lowest BCUT2D eigenvalue weighted by molar-refractivity contribution is -0.137. The van der Waals surface area contributed by atoms with Gasteiger partial charge in [0.1, 0.15) is 0 Å². The van der Waals surface area contributed by atoms with Crippen molar-refractivity contribution in [3.8, 4) is 11.1 Å². The summed E-state index contributed by atoms with van der Waals surface area (Å²) in [7, 11) is 0. The minimum absolute atomic E-state index is 0.251. The highest BCUT2D eigenvalue weighted by atomic mass is 35.5. The highest BCUT2D eigenvalue weighted by molar-refractivity contribution is 6.35. The van der Waals surface area contributed by atoms with E-state index in [4.69, 9.17) is 27.9 Å². The molecule has 0 unspecified atom stereocenters. The van der Waals surface area contributed by atoms with Crippen LogP contribution < -0.4 is 0 Å². The Bertz CT molecular complexity index is 701. The molecule has 2 nitrogen and oxygen atoms in total. The molecule has 0 aliphatic rings. The van der Waals surface area contributed by atoms with Crippen LogP contribution in [0, 0.1) is 5.92 Å². The first-order valence-electron chi connectivity index (χ1n) is 7.88. The largest absolute Gasteiger partial charge is 0.463 e. The number of hydrogen-bond acceptors (Lipinski definition) is 2. The molecule has 0 amide bonds. The van der Waals surface area contributed by atoms with E-state index in [1.807, 2.05) is 18.2 Å². The van der Waals surface area contributed by atoms with Crippen molar-refractivity contribution in [2.75, 3.05) is 6.61 Å². The van der Waals surface area contributed by atoms with Crippen molar-refractivity contribution in [2.24, 2.45) is 5.92 Å². The maximum Gasteiger partial charge on any atom is 0.330 e. The zero-order valence-corrected chi connectivity index (χ0v) is 15.3. The van der Waals surface area contributed by atoms with E-state index in [1.54, 1.807) is 13.0 Å². The van der Waals surface area contributed by atoms with Gasteiger partial charge in [0, 0.05) is 16.1 Å². The van der Waals surface area contributed by atoms with Gasteiger partial charge in [-0.05, 0) is 54.2 Å². The summed E-state index contributed by atoms with van der Waals surface area (Å²) in [6.07, 6.45) is 4.23. The fraction of sp³-hybridized carbons (Fsp3) is 0.250. The quantitative estimate of drug-likeness (QED) is 0.468. The van der Waals surface area contributed by atoms with E-state index in [0.717, 1.165) is 17.5 Å². The van der Waals surface area contributed by atoms with Gasteiger partial charge in [0.15, 0.2) is 0 Å². The van der Waals surface area contributed by atoms with Crippen LogP contribution in [0.15, 0.2) is 54.6 Å². The lowest BCUT2D eigenvalue weighted by Crippen LogP contribution is -2.02. The van der Waals surface area contributed by atoms with E-state index >= 15 is 0 Å². The van der Waals surface area contributed by atoms with Gasteiger partial charge >= 0.3 is 5.97 Å². The topological polar surface area (TPSA) is 26.3 Å². The van der Waals surface area contributed by atoms with Crippen molar-refractivity contribution in [3.05, 3.63) is 70.2 Å². The predicted octanol–water partition coefficient (Wildman–Crippen LogP) is 5.96. The third-order valence-electron chi connectivity index (χ3n) is 3.55. The molecule has 0 radical (unpaired) electrons. The summed E-state index contributed by atoms with van der Waals surface area (Å²) in [6, 6.07) is 13.8. The zero-order valence-electron chi connectivity index (χ0n) is 13.8. The van der Waals surface area contributed by atoms with E-state index < -0.39 is 0 Å². The summed E-state index contributed by atoms with van der Waals surface area (Å²) < 4.78 is 4.88. The standard InChI is InChI=1S/C20H20Cl2O2/c1-3-24-20(23)9-4-14(2)10-15-5-7-16(8-6-15)17-11-18(21)13-19(22)12-17/h4-9,11-14H,3,10H2,1-2H3/b9-4+/t14-/m1/s1. The minimum Gasteiger partial charge on any atom is -0.463 e. The Balaban J connectivity index is 2.02. The molecule has 0 saturated carbocycles. The van der Waals surface area contributed by atoms with Crippen LogP contribution in [0.1, 0.15) is 19.4 Å². The Hall–Kier alpha value is -1.77. The number of allylic oxidation sites excluding steroid dienone is 1. The molecule has 0 N–H and O–H groups in total. The van der Waals surface area contributed by atoms with Gasteiger partial charge in [0.05, 0.1) is 6.61 Å². The zero-order chi connectivity index (χ0) is 17.5. The van der Waals surface area contributed by atoms with Gasteiger partial charge in [-0.3, -0.25) is 0 Å². The third kappa shape index (κ3) is 5.70. The number of esters is 1. The van der Waals surface area contributed by atoms with Crippen LogP contribution in [-0.4, -0.2) is 12.6 Å². The van der Waals surface area contributed by atoms with Gasteiger partial charge in [-0.25, -0.2) is 4.79 Å². The first kappa shape index (κ1) is 18.6. The van der Waals surface area contributed by atoms with Gasteiger partial charge in [0.25, 0.3) is 0 Å². The van der Waals surface area contributed by atoms with E-state index in [1.165, 1.54) is 11.6 Å². The first-order valence-corrected chi connectivity index (χ1v) is 8.64. The molecule has 1 atom stereocenters. The second-order valence-electron chi connectivity index (χ2n) is 5.65. The van der Waals surface area contributed by atoms with Crippen LogP contribution in [0.3, 0.4) is 0 Å². The Kier molecular flexibility index (Phi) is 6.89. The molecule has 0 spiro atoms. The number of rotatable bonds is 6. The van der Waals surface area contributed by atoms with E-state index in [9.17, 15) is 4.79 Å². The van der Waals surface area contributed by atoms with Gasteiger partial charge in [-0.2, -0.15) is 0 Å². The third-order valence-corrected chi connectivity index (χ3v) is 3.99. The van der Waals surface area contributed by atoms with E-state index in [-0.39, 0.29) is 11.9 Å². The summed E-state index contributed by atoms with van der Waals surface area (Å²) in [6.45, 7) is 4.26. The molecular weight excluding hydrogens is 343 g/mol. The van der Waals surface area contributed by atoms with Crippen LogP contribution in [0.4, 0.5) is 0 Å². The van der Waals surface area contributed by atoms with Crippen molar-refractivity contribution < 1.29 is 9.53 Å². The minimum atomic E-state index is -0.294. The second kappa shape index (κ2) is 8.91. The Morgan fingerprint density at radius 1 is 1.08 bits per heavy atom. The second-order valence-corrected chi connectivity index (χ2v) is 6.52. The van der Waals surface area contributed by atoms with Crippen molar-refractivity contribution in [1.29, 1.82) is 0 Å². The van der Waals surface area contributed by atoms with Crippen LogP contribution in [-0.2, 0) is 16.0 Å². The summed E-state index contributed by atoms with van der Waals surface area (Å²) in [5.74, 6) is -0.0431. The van der Waals surface area contributed by atoms with Crippen molar-refractivity contribution >= 4 is 29.2 Å². The summed E-state index contributed by atoms with van der Waals surface area (Å²) in [5, 5.41) is 1.25. The molecule has 126 valence electrons. The number of halogens is 2. The molecule has 4 heteroatoms. The summed E-state index contributed by atoms with van der Waals surface area (Å²) in [4.78, 5) is 11.3. The summed E-state index contributed by atoms with van der Waals surface area (Å²) >= 11 is 12.1. The molecular formula is C20H20Cl2O2. The van der Waals surface area contributed by atoms with Gasteiger partial charge in [-0.15, -0.1) is 0 Å². The molecule has 0 aliphatic carbocycles. The molecule has 0 saturated heterocycles. The lowest BCUT2D eigenvalue weighted by Gasteiger charge is -2.08. The van der Waals surface area contributed by atoms with Gasteiger partial charge in [0.2, 0.25) is 0 Å². The Morgan fingerprint density at radius 3 is 2.29 bits per heavy atom. The van der Waals surface area contributed by atoms with Crippen molar-refractivity contribution in [1.82, 2.24) is 0 Å². The molecule has 0 bridgehead atoms. The lowest BCUT2D eigenvalue weighted by atomic mass is 9.98. The maximum atomic E-state index is 11.3. The fourth-order valence-electron chi connectivity index (χ4n) is 2.43. The van der Waals surface area contributed by atoms with Crippen LogP contribution in [0.2, 0.25) is 10.0 Å². The smallest absolute Gasteiger partial charge is 0.330 e. The molecule has 2 rings (SSSR count). The monoisotopic (exact) mass is 362 g/mol. The molecule has 0 fully saturated rings. The average molecular weight is 363 g/mol. The van der Waals surface area contributed by atoms with Gasteiger partial charge in [-0.1, -0.05) is 60.5 Å². The molecule has 2 aromatic carbocycles. The van der Waals surface area contributed by atoms with Gasteiger partial charge < -0.3 is 4.74 Å². The predicted molar refractivity (Wildman–Crippen MR) is 101 cm³/mol. The number of hydrogen-bond donors (Lipinski definition) is 0. The van der Waals surface area contributed by atoms with Crippen molar-refractivity contribution in [2.45, 2.75) is 20.3 Å². The van der Waals surface area contributed by atoms with E-state index in [0.29, 0.717) is 16.7 Å². The number of carbonyl (C=O) groups is 1. The molecule has 0 aliphatic heterocycles.